The number of nitrogens with zero attached hydrogens (tertiary/aromatic N) is 1. The molecule has 1 atom stereocenters. The zero-order valence-electron chi connectivity index (χ0n) is 8.38. The molecule has 0 radical (unpaired) electrons. The van der Waals surface area contributed by atoms with Gasteiger partial charge in [0.1, 0.15) is 5.69 Å². The van der Waals surface area contributed by atoms with E-state index in [1.165, 1.54) is 12.1 Å². The quantitative estimate of drug-likeness (QED) is 0.845. The van der Waals surface area contributed by atoms with Gasteiger partial charge in [0.2, 0.25) is 0 Å². The molecule has 0 spiro atoms. The lowest BCUT2D eigenvalue weighted by molar-refractivity contribution is -0.141. The van der Waals surface area contributed by atoms with Crippen molar-refractivity contribution in [3.8, 4) is 0 Å². The molecule has 0 fully saturated rings. The van der Waals surface area contributed by atoms with E-state index in [9.17, 15) is 13.2 Å². The molecule has 5 heteroatoms. The van der Waals surface area contributed by atoms with Crippen LogP contribution < -0.4 is 5.73 Å². The molecule has 0 unspecified atom stereocenters. The third kappa shape index (κ3) is 3.51. The van der Waals surface area contributed by atoms with E-state index in [4.69, 9.17) is 5.73 Å². The zero-order chi connectivity index (χ0) is 11.5. The van der Waals surface area contributed by atoms with Gasteiger partial charge in [-0.05, 0) is 31.4 Å². The largest absolute Gasteiger partial charge is 0.433 e. The van der Waals surface area contributed by atoms with Crippen molar-refractivity contribution >= 4 is 0 Å². The molecule has 0 saturated carbocycles. The number of pyridine rings is 1. The predicted molar refractivity (Wildman–Crippen MR) is 51.2 cm³/mol. The SMILES string of the molecule is C[C@H](N)CCc1cccnc1C(F)(F)F. The molecule has 1 heterocycles. The summed E-state index contributed by atoms with van der Waals surface area (Å²) in [6, 6.07) is 2.84. The summed E-state index contributed by atoms with van der Waals surface area (Å²) in [4.78, 5) is 3.36. The van der Waals surface area contributed by atoms with Crippen molar-refractivity contribution < 1.29 is 13.2 Å². The second kappa shape index (κ2) is 4.61. The van der Waals surface area contributed by atoms with Crippen molar-refractivity contribution in [3.05, 3.63) is 29.6 Å². The Balaban J connectivity index is 2.87. The van der Waals surface area contributed by atoms with E-state index in [2.05, 4.69) is 4.98 Å². The minimum absolute atomic E-state index is 0.105. The third-order valence-electron chi connectivity index (χ3n) is 2.03. The number of halogens is 3. The van der Waals surface area contributed by atoms with Crippen molar-refractivity contribution in [1.82, 2.24) is 4.98 Å². The molecule has 0 bridgehead atoms. The topological polar surface area (TPSA) is 38.9 Å². The summed E-state index contributed by atoms with van der Waals surface area (Å²) in [5.74, 6) is 0. The van der Waals surface area contributed by atoms with Crippen LogP contribution >= 0.6 is 0 Å². The van der Waals surface area contributed by atoms with Gasteiger partial charge in [-0.2, -0.15) is 13.2 Å². The van der Waals surface area contributed by atoms with Gasteiger partial charge >= 0.3 is 6.18 Å². The van der Waals surface area contributed by atoms with Crippen LogP contribution in [0.25, 0.3) is 0 Å². The molecule has 0 aliphatic carbocycles. The first kappa shape index (κ1) is 12.0. The zero-order valence-corrected chi connectivity index (χ0v) is 8.38. The number of nitrogens with two attached hydrogens (primary N) is 1. The van der Waals surface area contributed by atoms with Crippen LogP contribution in [0.15, 0.2) is 18.3 Å². The monoisotopic (exact) mass is 218 g/mol. The number of hydrogen-bond donors (Lipinski definition) is 1. The highest BCUT2D eigenvalue weighted by Crippen LogP contribution is 2.30. The van der Waals surface area contributed by atoms with Gasteiger partial charge in [0, 0.05) is 12.2 Å². The van der Waals surface area contributed by atoms with Gasteiger partial charge in [-0.1, -0.05) is 6.07 Å². The Hall–Kier alpha value is -1.10. The van der Waals surface area contributed by atoms with E-state index in [1.54, 1.807) is 6.92 Å². The molecule has 2 N–H and O–H groups in total. The van der Waals surface area contributed by atoms with E-state index < -0.39 is 11.9 Å². The van der Waals surface area contributed by atoms with Crippen LogP contribution in [0.4, 0.5) is 13.2 Å². The Morgan fingerprint density at radius 2 is 2.13 bits per heavy atom. The Kier molecular flexibility index (Phi) is 3.68. The maximum absolute atomic E-state index is 12.5. The maximum atomic E-state index is 12.5. The molecule has 15 heavy (non-hydrogen) atoms. The summed E-state index contributed by atoms with van der Waals surface area (Å²) in [5.41, 5.74) is 4.91. The van der Waals surface area contributed by atoms with E-state index >= 15 is 0 Å². The van der Waals surface area contributed by atoms with Gasteiger partial charge in [0.15, 0.2) is 0 Å². The molecule has 1 aromatic rings. The van der Waals surface area contributed by atoms with Crippen LogP contribution in [0.3, 0.4) is 0 Å². The van der Waals surface area contributed by atoms with Crippen molar-refractivity contribution in [2.24, 2.45) is 5.73 Å². The molecule has 0 amide bonds. The molecule has 0 aliphatic rings. The standard InChI is InChI=1S/C10H13F3N2/c1-7(14)4-5-8-3-2-6-15-9(8)10(11,12)13/h2-3,6-7H,4-5,14H2,1H3/t7-/m0/s1. The second-order valence-electron chi connectivity index (χ2n) is 3.52. The summed E-state index contributed by atoms with van der Waals surface area (Å²) < 4.78 is 37.4. The van der Waals surface area contributed by atoms with E-state index in [1.807, 2.05) is 0 Å². The molecule has 84 valence electrons. The Bertz CT molecular complexity index is 321. The van der Waals surface area contributed by atoms with E-state index in [-0.39, 0.29) is 11.6 Å². The Labute approximate surface area is 86.3 Å². The molecular weight excluding hydrogens is 205 g/mol. The first-order chi connectivity index (χ1) is 6.91. The summed E-state index contributed by atoms with van der Waals surface area (Å²) in [7, 11) is 0. The fourth-order valence-electron chi connectivity index (χ4n) is 1.28. The molecule has 0 aromatic carbocycles. The normalized spacial score (nSPS) is 13.9. The van der Waals surface area contributed by atoms with Crippen molar-refractivity contribution in [2.75, 3.05) is 0 Å². The first-order valence-electron chi connectivity index (χ1n) is 4.68. The lowest BCUT2D eigenvalue weighted by Gasteiger charge is -2.12. The van der Waals surface area contributed by atoms with Crippen LogP contribution in [0.5, 0.6) is 0 Å². The van der Waals surface area contributed by atoms with Gasteiger partial charge in [0.05, 0.1) is 0 Å². The van der Waals surface area contributed by atoms with Crippen LogP contribution in [0.1, 0.15) is 24.6 Å². The smallest absolute Gasteiger partial charge is 0.328 e. The molecule has 0 aliphatic heterocycles. The van der Waals surface area contributed by atoms with Gasteiger partial charge < -0.3 is 5.73 Å². The minimum atomic E-state index is -4.38. The second-order valence-corrected chi connectivity index (χ2v) is 3.52. The van der Waals surface area contributed by atoms with E-state index in [0.29, 0.717) is 12.8 Å². The Morgan fingerprint density at radius 1 is 1.47 bits per heavy atom. The van der Waals surface area contributed by atoms with Crippen LogP contribution in [0.2, 0.25) is 0 Å². The molecule has 1 aromatic heterocycles. The number of alkyl halides is 3. The van der Waals surface area contributed by atoms with Crippen molar-refractivity contribution in [3.63, 3.8) is 0 Å². The number of aromatic nitrogens is 1. The average Bonchev–Trinajstić information content (AvgIpc) is 2.13. The van der Waals surface area contributed by atoms with Gasteiger partial charge in [-0.3, -0.25) is 4.98 Å². The molecule has 0 saturated heterocycles. The molecule has 2 nitrogen and oxygen atoms in total. The highest BCUT2D eigenvalue weighted by molar-refractivity contribution is 5.22. The summed E-state index contributed by atoms with van der Waals surface area (Å²) in [5, 5.41) is 0. The van der Waals surface area contributed by atoms with Gasteiger partial charge in [-0.25, -0.2) is 0 Å². The average molecular weight is 218 g/mol. The number of aryl methyl sites for hydroxylation is 1. The lowest BCUT2D eigenvalue weighted by atomic mass is 10.0. The summed E-state index contributed by atoms with van der Waals surface area (Å²) >= 11 is 0. The maximum Gasteiger partial charge on any atom is 0.433 e. The third-order valence-corrected chi connectivity index (χ3v) is 2.03. The Morgan fingerprint density at radius 3 is 2.67 bits per heavy atom. The fourth-order valence-corrected chi connectivity index (χ4v) is 1.28. The highest BCUT2D eigenvalue weighted by Gasteiger charge is 2.34. The number of hydrogen-bond acceptors (Lipinski definition) is 2. The van der Waals surface area contributed by atoms with Crippen molar-refractivity contribution in [1.29, 1.82) is 0 Å². The lowest BCUT2D eigenvalue weighted by Crippen LogP contribution is -2.17. The van der Waals surface area contributed by atoms with Crippen LogP contribution in [-0.2, 0) is 12.6 Å². The summed E-state index contributed by atoms with van der Waals surface area (Å²) in [6.07, 6.45) is -2.40. The molecular formula is C10H13F3N2. The number of rotatable bonds is 3. The van der Waals surface area contributed by atoms with Gasteiger partial charge in [0.25, 0.3) is 0 Å². The minimum Gasteiger partial charge on any atom is -0.328 e. The fraction of sp³-hybridized carbons (Fsp3) is 0.500. The van der Waals surface area contributed by atoms with Crippen molar-refractivity contribution in [2.45, 2.75) is 32.0 Å². The highest BCUT2D eigenvalue weighted by atomic mass is 19.4. The first-order valence-corrected chi connectivity index (χ1v) is 4.68. The summed E-state index contributed by atoms with van der Waals surface area (Å²) in [6.45, 7) is 1.77. The predicted octanol–water partition coefficient (Wildman–Crippen LogP) is 2.38. The van der Waals surface area contributed by atoms with Crippen LogP contribution in [0, 0.1) is 0 Å². The van der Waals surface area contributed by atoms with Crippen LogP contribution in [-0.4, -0.2) is 11.0 Å². The van der Waals surface area contributed by atoms with E-state index in [0.717, 1.165) is 6.20 Å². The van der Waals surface area contributed by atoms with Gasteiger partial charge in [-0.15, -0.1) is 0 Å². The molecule has 1 rings (SSSR count).